The van der Waals surface area contributed by atoms with E-state index in [1.807, 2.05) is 0 Å². The van der Waals surface area contributed by atoms with Crippen LogP contribution in [-0.2, 0) is 21.4 Å². The van der Waals surface area contributed by atoms with E-state index >= 15 is 0 Å². The fourth-order valence-corrected chi connectivity index (χ4v) is 7.48. The quantitative estimate of drug-likeness (QED) is 0.608. The number of β-lactam (4-membered cyclic amide) rings is 1. The molecule has 0 aliphatic carbocycles. The number of tetrazole rings is 1. The maximum atomic E-state index is 13.0. The fraction of sp³-hybridized carbons (Fsp3) is 0.375. The summed E-state index contributed by atoms with van der Waals surface area (Å²) < 4.78 is 1.93. The van der Waals surface area contributed by atoms with E-state index in [4.69, 9.17) is 11.6 Å². The molecule has 0 spiro atoms. The first-order valence-corrected chi connectivity index (χ1v) is 11.4. The van der Waals surface area contributed by atoms with Crippen molar-refractivity contribution in [2.45, 2.75) is 35.2 Å². The van der Waals surface area contributed by atoms with Crippen LogP contribution in [0.4, 0.5) is 0 Å². The number of aryl methyl sites for hydroxylation is 1. The van der Waals surface area contributed by atoms with Crippen LogP contribution in [-0.4, -0.2) is 58.2 Å². The molecule has 2 amide bonds. The van der Waals surface area contributed by atoms with E-state index in [-0.39, 0.29) is 22.4 Å². The van der Waals surface area contributed by atoms with Crippen LogP contribution in [0, 0.1) is 0 Å². The number of thiophene rings is 1. The van der Waals surface area contributed by atoms with Crippen LogP contribution in [0.2, 0.25) is 4.34 Å². The number of thioether (sulfide) groups is 2. The lowest BCUT2D eigenvalue weighted by Gasteiger charge is -2.54. The Labute approximate surface area is 188 Å². The smallest absolute Gasteiger partial charge is 0.353 e. The van der Waals surface area contributed by atoms with E-state index in [0.717, 1.165) is 16.6 Å². The van der Waals surface area contributed by atoms with Crippen molar-refractivity contribution in [3.8, 4) is 0 Å². The van der Waals surface area contributed by atoms with Crippen molar-refractivity contribution in [2.75, 3.05) is 0 Å². The van der Waals surface area contributed by atoms with Crippen molar-refractivity contribution in [1.29, 1.82) is 0 Å². The van der Waals surface area contributed by atoms with Gasteiger partial charge in [0.1, 0.15) is 21.9 Å². The van der Waals surface area contributed by atoms with Gasteiger partial charge in [0.2, 0.25) is 17.0 Å². The summed E-state index contributed by atoms with van der Waals surface area (Å²) in [5, 5.41) is 23.9. The van der Waals surface area contributed by atoms with Crippen molar-refractivity contribution >= 4 is 64.2 Å². The lowest BCUT2D eigenvalue weighted by atomic mass is 9.94. The number of aromatic nitrogens is 4. The summed E-state index contributed by atoms with van der Waals surface area (Å²) in [6, 6.07) is 3.47. The lowest BCUT2D eigenvalue weighted by molar-refractivity contribution is -0.148. The first kappa shape index (κ1) is 21.2. The van der Waals surface area contributed by atoms with Gasteiger partial charge in [-0.05, 0) is 41.2 Å². The van der Waals surface area contributed by atoms with Crippen molar-refractivity contribution in [2.24, 2.45) is 7.05 Å². The Hall–Kier alpha value is -2.09. The van der Waals surface area contributed by atoms with Crippen LogP contribution in [0.5, 0.6) is 0 Å². The van der Waals surface area contributed by atoms with Gasteiger partial charge in [0.25, 0.3) is 0 Å². The molecule has 14 heteroatoms. The van der Waals surface area contributed by atoms with Crippen LogP contribution in [0.25, 0.3) is 0 Å². The normalized spacial score (nSPS) is 25.7. The summed E-state index contributed by atoms with van der Waals surface area (Å²) in [6.45, 7) is 3.07. The Kier molecular flexibility index (Phi) is 5.33. The summed E-state index contributed by atoms with van der Waals surface area (Å²) in [7, 11) is 1.61. The third-order valence-corrected chi connectivity index (χ3v) is 8.86. The average Bonchev–Trinajstić information content (AvgIpc) is 3.24. The summed E-state index contributed by atoms with van der Waals surface area (Å²) in [5.74, 6) is -2.48. The molecular weight excluding hydrogens is 472 g/mol. The Bertz CT molecular complexity index is 1100. The number of carboxylic acid groups (broad SMARTS) is 1. The standard InChI is InChI=1S/C16H15ClN6O4S3/c1-6(24)18-16(2)11(29-15-19-20-21-22(15)3)10(14(26)27)23-12(25)9(13(23)30-16)7-4-5-8(17)28-7/h4-5,9,13H,1-3H3,(H,18,24)(H,26,27)/t9?,13-,16?/m1/s1. The molecule has 0 bridgehead atoms. The number of carboxylic acids is 1. The number of fused-ring (bicyclic) bond motifs is 1. The first-order valence-electron chi connectivity index (χ1n) is 8.55. The highest BCUT2D eigenvalue weighted by Crippen LogP contribution is 2.58. The van der Waals surface area contributed by atoms with E-state index < -0.39 is 22.1 Å². The van der Waals surface area contributed by atoms with Gasteiger partial charge in [-0.2, -0.15) is 0 Å². The van der Waals surface area contributed by atoms with Gasteiger partial charge >= 0.3 is 5.97 Å². The Morgan fingerprint density at radius 3 is 2.67 bits per heavy atom. The second-order valence-corrected chi connectivity index (χ2v) is 11.0. The SMILES string of the molecule is CC(=O)NC1(C)S[C@@H]2C(c3ccc(Cl)s3)C(=O)N2C(C(=O)O)=C1Sc1nnnn1C. The van der Waals surface area contributed by atoms with Crippen LogP contribution in [0.3, 0.4) is 0 Å². The Morgan fingerprint density at radius 2 is 2.13 bits per heavy atom. The number of carbonyl (C=O) groups is 3. The molecular formula is C16H15ClN6O4S3. The highest BCUT2D eigenvalue weighted by atomic mass is 35.5. The summed E-state index contributed by atoms with van der Waals surface area (Å²) in [6.07, 6.45) is 0. The van der Waals surface area contributed by atoms with Crippen LogP contribution < -0.4 is 5.32 Å². The first-order chi connectivity index (χ1) is 14.1. The average molecular weight is 487 g/mol. The molecule has 1 saturated heterocycles. The van der Waals surface area contributed by atoms with Crippen molar-refractivity contribution in [1.82, 2.24) is 30.4 Å². The van der Waals surface area contributed by atoms with Crippen molar-refractivity contribution < 1.29 is 19.5 Å². The highest BCUT2D eigenvalue weighted by Gasteiger charge is 2.60. The summed E-state index contributed by atoms with van der Waals surface area (Å²) in [4.78, 5) is 38.4. The van der Waals surface area contributed by atoms with E-state index in [2.05, 4.69) is 20.8 Å². The minimum absolute atomic E-state index is 0.188. The van der Waals surface area contributed by atoms with Gasteiger partial charge in [0.15, 0.2) is 0 Å². The molecule has 2 aromatic heterocycles. The molecule has 2 aromatic rings. The zero-order valence-electron chi connectivity index (χ0n) is 15.8. The number of halogens is 1. The summed E-state index contributed by atoms with van der Waals surface area (Å²) in [5.41, 5.74) is -0.188. The number of amides is 2. The third-order valence-electron chi connectivity index (χ3n) is 4.58. The van der Waals surface area contributed by atoms with Gasteiger partial charge in [-0.25, -0.2) is 9.48 Å². The number of hydrogen-bond acceptors (Lipinski definition) is 9. The number of rotatable bonds is 5. The molecule has 0 saturated carbocycles. The van der Waals surface area contributed by atoms with Crippen molar-refractivity contribution in [3.63, 3.8) is 0 Å². The second-order valence-electron chi connectivity index (χ2n) is 6.72. The topological polar surface area (TPSA) is 130 Å². The number of hydrogen-bond donors (Lipinski definition) is 2. The van der Waals surface area contributed by atoms with Crippen LogP contribution in [0.1, 0.15) is 24.6 Å². The Morgan fingerprint density at radius 1 is 1.40 bits per heavy atom. The minimum atomic E-state index is -1.27. The van der Waals surface area contributed by atoms with Gasteiger partial charge in [0, 0.05) is 18.8 Å². The van der Waals surface area contributed by atoms with Gasteiger partial charge in [-0.3, -0.25) is 14.5 Å². The maximum Gasteiger partial charge on any atom is 0.353 e. The molecule has 2 aliphatic rings. The molecule has 10 nitrogen and oxygen atoms in total. The zero-order valence-corrected chi connectivity index (χ0v) is 19.0. The van der Waals surface area contributed by atoms with E-state index in [1.165, 1.54) is 39.6 Å². The predicted octanol–water partition coefficient (Wildman–Crippen LogP) is 1.86. The van der Waals surface area contributed by atoms with Crippen molar-refractivity contribution in [3.05, 3.63) is 31.9 Å². The molecule has 0 aromatic carbocycles. The van der Waals surface area contributed by atoms with Gasteiger partial charge < -0.3 is 10.4 Å². The molecule has 3 atom stereocenters. The van der Waals surface area contributed by atoms with Gasteiger partial charge in [-0.15, -0.1) is 28.2 Å². The molecule has 2 N–H and O–H groups in total. The molecule has 2 unspecified atom stereocenters. The maximum absolute atomic E-state index is 13.0. The number of aliphatic carboxylic acids is 1. The number of carbonyl (C=O) groups excluding carboxylic acids is 2. The van der Waals surface area contributed by atoms with Gasteiger partial charge in [0.05, 0.1) is 9.24 Å². The largest absolute Gasteiger partial charge is 0.477 e. The molecule has 0 radical (unpaired) electrons. The van der Waals surface area contributed by atoms with E-state index in [1.54, 1.807) is 26.1 Å². The zero-order chi connectivity index (χ0) is 21.8. The molecule has 1 fully saturated rings. The third kappa shape index (κ3) is 3.39. The predicted molar refractivity (Wildman–Crippen MR) is 112 cm³/mol. The second kappa shape index (κ2) is 7.55. The number of nitrogens with zero attached hydrogens (tertiary/aromatic N) is 5. The minimum Gasteiger partial charge on any atom is -0.477 e. The van der Waals surface area contributed by atoms with Gasteiger partial charge in [-0.1, -0.05) is 11.6 Å². The highest BCUT2D eigenvalue weighted by molar-refractivity contribution is 8.07. The molecule has 2 aliphatic heterocycles. The van der Waals surface area contributed by atoms with Crippen LogP contribution in [0.15, 0.2) is 27.9 Å². The lowest BCUT2D eigenvalue weighted by Crippen LogP contribution is -2.64. The Balaban J connectivity index is 1.83. The molecule has 158 valence electrons. The summed E-state index contributed by atoms with van der Waals surface area (Å²) >= 11 is 9.62. The molecule has 30 heavy (non-hydrogen) atoms. The monoisotopic (exact) mass is 486 g/mol. The van der Waals surface area contributed by atoms with E-state index in [0.29, 0.717) is 9.49 Å². The molecule has 4 rings (SSSR count). The van der Waals surface area contributed by atoms with Crippen LogP contribution >= 0.6 is 46.5 Å². The fourth-order valence-electron chi connectivity index (χ4n) is 3.38. The number of nitrogens with one attached hydrogen (secondary N) is 1. The molecule has 4 heterocycles. The van der Waals surface area contributed by atoms with E-state index in [9.17, 15) is 19.5 Å².